The van der Waals surface area contributed by atoms with Crippen molar-refractivity contribution in [3.8, 4) is 17.6 Å². The van der Waals surface area contributed by atoms with Crippen LogP contribution < -0.4 is 19.7 Å². The van der Waals surface area contributed by atoms with E-state index in [9.17, 15) is 10.1 Å². The van der Waals surface area contributed by atoms with Crippen LogP contribution >= 0.6 is 0 Å². The summed E-state index contributed by atoms with van der Waals surface area (Å²) in [6.45, 7) is 0.410. The SMILES string of the molecule is COc1ccc(CCNC(=O)/C(C#N)=C/c2ccc(N(C)C)cc2)cc1OC. The molecule has 1 N–H and O–H groups in total. The van der Waals surface area contributed by atoms with Gasteiger partial charge in [0.15, 0.2) is 11.5 Å². The van der Waals surface area contributed by atoms with Crippen LogP contribution in [0.4, 0.5) is 5.69 Å². The predicted octanol–water partition coefficient (Wildman–Crippen LogP) is 3.04. The van der Waals surface area contributed by atoms with Gasteiger partial charge in [0, 0.05) is 26.3 Å². The molecule has 6 heteroatoms. The maximum Gasteiger partial charge on any atom is 0.261 e. The van der Waals surface area contributed by atoms with Crippen LogP contribution in [0, 0.1) is 11.3 Å². The Bertz CT molecular complexity index is 881. The lowest BCUT2D eigenvalue weighted by molar-refractivity contribution is -0.117. The molecule has 0 atom stereocenters. The zero-order valence-corrected chi connectivity index (χ0v) is 16.7. The molecule has 2 aromatic rings. The average Bonchev–Trinajstić information content (AvgIpc) is 2.71. The van der Waals surface area contributed by atoms with Crippen molar-refractivity contribution < 1.29 is 14.3 Å². The Balaban J connectivity index is 1.98. The highest BCUT2D eigenvalue weighted by molar-refractivity contribution is 6.01. The van der Waals surface area contributed by atoms with Crippen LogP contribution in [-0.2, 0) is 11.2 Å². The number of carbonyl (C=O) groups excluding carboxylic acids is 1. The molecule has 0 aliphatic carbocycles. The van der Waals surface area contributed by atoms with Gasteiger partial charge in [-0.25, -0.2) is 0 Å². The molecule has 28 heavy (non-hydrogen) atoms. The fourth-order valence-electron chi connectivity index (χ4n) is 2.64. The van der Waals surface area contributed by atoms with Crippen LogP contribution in [0.25, 0.3) is 6.08 Å². The molecule has 0 aromatic heterocycles. The van der Waals surface area contributed by atoms with E-state index in [0.29, 0.717) is 24.5 Å². The number of benzene rings is 2. The second kappa shape index (κ2) is 10.0. The Kier molecular flexibility index (Phi) is 7.46. The van der Waals surface area contributed by atoms with Gasteiger partial charge in [0.05, 0.1) is 14.2 Å². The number of hydrogen-bond acceptors (Lipinski definition) is 5. The number of hydrogen-bond donors (Lipinski definition) is 1. The van der Waals surface area contributed by atoms with Crippen LogP contribution in [0.2, 0.25) is 0 Å². The number of carbonyl (C=O) groups is 1. The molecular formula is C22H25N3O3. The van der Waals surface area contributed by atoms with E-state index in [1.165, 1.54) is 0 Å². The van der Waals surface area contributed by atoms with Crippen molar-refractivity contribution in [3.63, 3.8) is 0 Å². The van der Waals surface area contributed by atoms with E-state index >= 15 is 0 Å². The van der Waals surface area contributed by atoms with Gasteiger partial charge in [-0.1, -0.05) is 18.2 Å². The quantitative estimate of drug-likeness (QED) is 0.564. The molecule has 1 amide bonds. The van der Waals surface area contributed by atoms with Gasteiger partial charge in [0.2, 0.25) is 0 Å². The fraction of sp³-hybridized carbons (Fsp3) is 0.273. The van der Waals surface area contributed by atoms with Gasteiger partial charge in [-0.3, -0.25) is 4.79 Å². The van der Waals surface area contributed by atoms with Gasteiger partial charge in [-0.2, -0.15) is 5.26 Å². The molecule has 0 bridgehead atoms. The third-order valence-electron chi connectivity index (χ3n) is 4.23. The Morgan fingerprint density at radius 3 is 2.36 bits per heavy atom. The van der Waals surface area contributed by atoms with Crippen molar-refractivity contribution in [1.29, 1.82) is 5.26 Å². The summed E-state index contributed by atoms with van der Waals surface area (Å²) in [5.41, 5.74) is 2.93. The maximum atomic E-state index is 12.3. The first kappa shape index (κ1) is 20.8. The highest BCUT2D eigenvalue weighted by Gasteiger charge is 2.09. The summed E-state index contributed by atoms with van der Waals surface area (Å²) in [6.07, 6.45) is 2.20. The molecule has 0 fully saturated rings. The van der Waals surface area contributed by atoms with Crippen LogP contribution in [0.5, 0.6) is 11.5 Å². The highest BCUT2D eigenvalue weighted by atomic mass is 16.5. The van der Waals surface area contributed by atoms with Gasteiger partial charge >= 0.3 is 0 Å². The number of rotatable bonds is 8. The third kappa shape index (κ3) is 5.52. The molecule has 0 aliphatic heterocycles. The van der Waals surface area contributed by atoms with Crippen molar-refractivity contribution in [1.82, 2.24) is 5.32 Å². The molecule has 0 aliphatic rings. The zero-order valence-electron chi connectivity index (χ0n) is 16.7. The van der Waals surface area contributed by atoms with Crippen molar-refractivity contribution in [3.05, 3.63) is 59.2 Å². The standard InChI is InChI=1S/C22H25N3O3/c1-25(2)19-8-5-16(6-9-19)13-18(15-23)22(26)24-12-11-17-7-10-20(27-3)21(14-17)28-4/h5-10,13-14H,11-12H2,1-4H3,(H,24,26)/b18-13+. The first-order chi connectivity index (χ1) is 13.5. The Labute approximate surface area is 166 Å². The predicted molar refractivity (Wildman–Crippen MR) is 111 cm³/mol. The molecular weight excluding hydrogens is 354 g/mol. The minimum absolute atomic E-state index is 0.0740. The fourth-order valence-corrected chi connectivity index (χ4v) is 2.64. The Morgan fingerprint density at radius 2 is 1.79 bits per heavy atom. The summed E-state index contributed by atoms with van der Waals surface area (Å²) in [7, 11) is 7.08. The van der Waals surface area contributed by atoms with Gasteiger partial charge in [-0.05, 0) is 47.9 Å². The van der Waals surface area contributed by atoms with E-state index in [0.717, 1.165) is 16.8 Å². The summed E-state index contributed by atoms with van der Waals surface area (Å²) in [6, 6.07) is 15.2. The minimum atomic E-state index is -0.389. The van der Waals surface area contributed by atoms with E-state index in [4.69, 9.17) is 9.47 Å². The first-order valence-corrected chi connectivity index (χ1v) is 8.86. The topological polar surface area (TPSA) is 74.6 Å². The molecule has 0 saturated heterocycles. The van der Waals surface area contributed by atoms with Crippen LogP contribution in [0.15, 0.2) is 48.0 Å². The molecule has 146 valence electrons. The minimum Gasteiger partial charge on any atom is -0.493 e. The molecule has 2 aromatic carbocycles. The lowest BCUT2D eigenvalue weighted by Gasteiger charge is -2.12. The second-order valence-corrected chi connectivity index (χ2v) is 6.35. The largest absolute Gasteiger partial charge is 0.493 e. The van der Waals surface area contributed by atoms with E-state index in [2.05, 4.69) is 5.32 Å². The molecule has 0 heterocycles. The molecule has 0 unspecified atom stereocenters. The van der Waals surface area contributed by atoms with Crippen LogP contribution in [-0.4, -0.2) is 40.8 Å². The number of nitrogens with zero attached hydrogens (tertiary/aromatic N) is 2. The summed E-state index contributed by atoms with van der Waals surface area (Å²) < 4.78 is 10.5. The van der Waals surface area contributed by atoms with Gasteiger partial charge in [0.1, 0.15) is 11.6 Å². The van der Waals surface area contributed by atoms with Crippen molar-refractivity contribution in [2.75, 3.05) is 39.8 Å². The molecule has 0 radical (unpaired) electrons. The first-order valence-electron chi connectivity index (χ1n) is 8.86. The van der Waals surface area contributed by atoms with Crippen LogP contribution in [0.3, 0.4) is 0 Å². The number of nitriles is 1. The van der Waals surface area contributed by atoms with Crippen molar-refractivity contribution in [2.45, 2.75) is 6.42 Å². The number of nitrogens with one attached hydrogen (secondary N) is 1. The Morgan fingerprint density at radius 1 is 1.11 bits per heavy atom. The molecule has 0 spiro atoms. The van der Waals surface area contributed by atoms with E-state index in [1.54, 1.807) is 20.3 Å². The number of amides is 1. The summed E-state index contributed by atoms with van der Waals surface area (Å²) in [4.78, 5) is 14.3. The van der Waals surface area contributed by atoms with Gasteiger partial charge < -0.3 is 19.7 Å². The monoisotopic (exact) mass is 379 g/mol. The number of methoxy groups -OCH3 is 2. The van der Waals surface area contributed by atoms with Crippen molar-refractivity contribution in [2.24, 2.45) is 0 Å². The second-order valence-electron chi connectivity index (χ2n) is 6.35. The third-order valence-corrected chi connectivity index (χ3v) is 4.23. The highest BCUT2D eigenvalue weighted by Crippen LogP contribution is 2.27. The smallest absolute Gasteiger partial charge is 0.261 e. The molecule has 2 rings (SSSR count). The average molecular weight is 379 g/mol. The number of anilines is 1. The lowest BCUT2D eigenvalue weighted by Crippen LogP contribution is -2.26. The molecule has 6 nitrogen and oxygen atoms in total. The zero-order chi connectivity index (χ0) is 20.5. The molecule has 0 saturated carbocycles. The lowest BCUT2D eigenvalue weighted by atomic mass is 10.1. The van der Waals surface area contributed by atoms with E-state index < -0.39 is 0 Å². The number of ether oxygens (including phenoxy) is 2. The summed E-state index contributed by atoms with van der Waals surface area (Å²) in [5, 5.41) is 12.1. The van der Waals surface area contributed by atoms with E-state index in [1.807, 2.05) is 67.5 Å². The maximum absolute atomic E-state index is 12.3. The summed E-state index contributed by atoms with van der Waals surface area (Å²) in [5.74, 6) is 0.912. The van der Waals surface area contributed by atoms with Gasteiger partial charge in [-0.15, -0.1) is 0 Å². The summed E-state index contributed by atoms with van der Waals surface area (Å²) >= 11 is 0. The van der Waals surface area contributed by atoms with Crippen molar-refractivity contribution >= 4 is 17.7 Å². The van der Waals surface area contributed by atoms with E-state index in [-0.39, 0.29) is 11.5 Å². The van der Waals surface area contributed by atoms with Crippen LogP contribution in [0.1, 0.15) is 11.1 Å². The van der Waals surface area contributed by atoms with Gasteiger partial charge in [0.25, 0.3) is 5.91 Å². The Hall–Kier alpha value is -3.46. The normalized spacial score (nSPS) is 10.8.